The number of piperazine rings is 1. The highest BCUT2D eigenvalue weighted by atomic mass is 16.2. The zero-order valence-corrected chi connectivity index (χ0v) is 20.9. The molecular formula is C25H35N9O. The molecular weight excluding hydrogens is 442 g/mol. The Morgan fingerprint density at radius 2 is 2.06 bits per heavy atom. The molecule has 0 spiro atoms. The van der Waals surface area contributed by atoms with Crippen LogP contribution in [0.4, 0.5) is 4.79 Å². The number of urea groups is 1. The van der Waals surface area contributed by atoms with E-state index in [0.717, 1.165) is 54.8 Å². The minimum absolute atomic E-state index is 0.0123. The molecule has 0 aromatic carbocycles. The van der Waals surface area contributed by atoms with Crippen molar-refractivity contribution in [3.05, 3.63) is 31.0 Å². The van der Waals surface area contributed by atoms with E-state index in [9.17, 15) is 4.79 Å². The largest absolute Gasteiger partial charge is 0.346 e. The highest BCUT2D eigenvalue weighted by Crippen LogP contribution is 2.24. The fraction of sp³-hybridized carbons (Fsp3) is 0.560. The summed E-state index contributed by atoms with van der Waals surface area (Å²) in [5, 5.41) is 17.7. The highest BCUT2D eigenvalue weighted by Gasteiger charge is 2.27. The molecule has 0 bridgehead atoms. The fourth-order valence-corrected chi connectivity index (χ4v) is 4.45. The zero-order valence-electron chi connectivity index (χ0n) is 20.9. The molecule has 1 atom stereocenters. The van der Waals surface area contributed by atoms with Gasteiger partial charge in [0.15, 0.2) is 0 Å². The molecule has 0 saturated carbocycles. The van der Waals surface area contributed by atoms with Gasteiger partial charge in [0.05, 0.1) is 24.5 Å². The molecule has 2 N–H and O–H groups in total. The van der Waals surface area contributed by atoms with E-state index in [4.69, 9.17) is 5.26 Å². The van der Waals surface area contributed by atoms with E-state index in [1.807, 2.05) is 34.2 Å². The zero-order chi connectivity index (χ0) is 24.8. The Morgan fingerprint density at radius 1 is 1.26 bits per heavy atom. The number of H-pyrrole nitrogens is 1. The van der Waals surface area contributed by atoms with E-state index in [1.54, 1.807) is 6.33 Å². The molecule has 0 unspecified atom stereocenters. The number of nitriles is 1. The van der Waals surface area contributed by atoms with Crippen molar-refractivity contribution in [2.24, 2.45) is 5.41 Å². The quantitative estimate of drug-likeness (QED) is 0.481. The van der Waals surface area contributed by atoms with Gasteiger partial charge in [0.1, 0.15) is 12.0 Å². The van der Waals surface area contributed by atoms with Crippen molar-refractivity contribution in [1.82, 2.24) is 39.8 Å². The second-order valence-corrected chi connectivity index (χ2v) is 10.4. The Balaban J connectivity index is 1.40. The number of nitrogens with zero attached hydrogens (tertiary/aromatic N) is 7. The van der Waals surface area contributed by atoms with Crippen LogP contribution in [0.15, 0.2) is 31.0 Å². The molecule has 1 saturated heterocycles. The minimum atomic E-state index is 0.0123. The molecule has 4 rings (SSSR count). The third-order valence-electron chi connectivity index (χ3n) is 6.37. The van der Waals surface area contributed by atoms with E-state index in [2.05, 4.69) is 57.1 Å². The lowest BCUT2D eigenvalue weighted by Gasteiger charge is -2.39. The SMILES string of the molecule is CC(C)(C)CNC(=O)N1CCN([C@@H](CCCC#N)Cn2cc(-c3ncnc4[nH]ccc34)cn2)CC1. The Labute approximate surface area is 206 Å². The summed E-state index contributed by atoms with van der Waals surface area (Å²) in [5.41, 5.74) is 2.68. The number of carbonyl (C=O) groups excluding carboxylic acids is 1. The monoisotopic (exact) mass is 477 g/mol. The summed E-state index contributed by atoms with van der Waals surface area (Å²) >= 11 is 0. The smallest absolute Gasteiger partial charge is 0.317 e. The molecule has 0 radical (unpaired) electrons. The number of unbranched alkanes of at least 4 members (excludes halogenated alkanes) is 1. The van der Waals surface area contributed by atoms with Gasteiger partial charge in [0.25, 0.3) is 0 Å². The summed E-state index contributed by atoms with van der Waals surface area (Å²) in [6, 6.07) is 4.49. The second-order valence-electron chi connectivity index (χ2n) is 10.4. The van der Waals surface area contributed by atoms with Crippen molar-refractivity contribution in [2.45, 2.75) is 52.6 Å². The van der Waals surface area contributed by atoms with Gasteiger partial charge in [-0.1, -0.05) is 20.8 Å². The van der Waals surface area contributed by atoms with Crippen molar-refractivity contribution >= 4 is 17.1 Å². The standard InChI is InChI=1S/C25H35N9O/c1-25(2,3)17-28-24(35)33-12-10-32(11-13-33)20(6-4-5-8-26)16-34-15-19(14-31-34)22-21-7-9-27-23(21)30-18-29-22/h7,9,14-15,18,20H,4-6,10-13,16-17H2,1-3H3,(H,28,35)(H,27,29,30)/t20-/m0/s1. The van der Waals surface area contributed by atoms with Gasteiger partial charge in [-0.2, -0.15) is 10.4 Å². The van der Waals surface area contributed by atoms with Crippen LogP contribution >= 0.6 is 0 Å². The van der Waals surface area contributed by atoms with Gasteiger partial charge in [-0.15, -0.1) is 0 Å². The van der Waals surface area contributed by atoms with Crippen LogP contribution in [0.2, 0.25) is 0 Å². The number of nitrogens with one attached hydrogen (secondary N) is 2. The third kappa shape index (κ3) is 6.36. The lowest BCUT2D eigenvalue weighted by atomic mass is 9.97. The van der Waals surface area contributed by atoms with Gasteiger partial charge in [-0.25, -0.2) is 14.8 Å². The number of hydrogen-bond donors (Lipinski definition) is 2. The van der Waals surface area contributed by atoms with E-state index >= 15 is 0 Å². The molecule has 2 amide bonds. The molecule has 35 heavy (non-hydrogen) atoms. The lowest BCUT2D eigenvalue weighted by Crippen LogP contribution is -2.55. The minimum Gasteiger partial charge on any atom is -0.346 e. The van der Waals surface area contributed by atoms with Crippen LogP contribution in [0, 0.1) is 16.7 Å². The predicted molar refractivity (Wildman–Crippen MR) is 134 cm³/mol. The van der Waals surface area contributed by atoms with Gasteiger partial charge in [0.2, 0.25) is 0 Å². The Kier molecular flexibility index (Phi) is 7.66. The first kappa shape index (κ1) is 24.7. The maximum absolute atomic E-state index is 12.6. The summed E-state index contributed by atoms with van der Waals surface area (Å²) in [5.74, 6) is 0. The van der Waals surface area contributed by atoms with Crippen LogP contribution < -0.4 is 5.32 Å². The number of fused-ring (bicyclic) bond motifs is 1. The Morgan fingerprint density at radius 3 is 2.80 bits per heavy atom. The summed E-state index contributed by atoms with van der Waals surface area (Å²) in [7, 11) is 0. The van der Waals surface area contributed by atoms with Crippen LogP contribution in [-0.4, -0.2) is 79.3 Å². The highest BCUT2D eigenvalue weighted by molar-refractivity contribution is 5.89. The summed E-state index contributed by atoms with van der Waals surface area (Å²) < 4.78 is 1.97. The van der Waals surface area contributed by atoms with E-state index in [0.29, 0.717) is 26.1 Å². The molecule has 1 fully saturated rings. The molecule has 1 aliphatic heterocycles. The van der Waals surface area contributed by atoms with Crippen molar-refractivity contribution < 1.29 is 4.79 Å². The number of rotatable bonds is 8. The number of amides is 2. The van der Waals surface area contributed by atoms with Crippen molar-refractivity contribution in [2.75, 3.05) is 32.7 Å². The first-order valence-corrected chi connectivity index (χ1v) is 12.3. The number of hydrogen-bond acceptors (Lipinski definition) is 6. The first-order chi connectivity index (χ1) is 16.8. The van der Waals surface area contributed by atoms with Crippen LogP contribution in [0.1, 0.15) is 40.0 Å². The summed E-state index contributed by atoms with van der Waals surface area (Å²) in [6.45, 7) is 10.7. The molecule has 10 heteroatoms. The number of carbonyl (C=O) groups is 1. The topological polar surface area (TPSA) is 119 Å². The van der Waals surface area contributed by atoms with E-state index < -0.39 is 0 Å². The van der Waals surface area contributed by atoms with Gasteiger partial charge in [-0.05, 0) is 24.3 Å². The van der Waals surface area contributed by atoms with Crippen LogP contribution in [-0.2, 0) is 6.54 Å². The maximum Gasteiger partial charge on any atom is 0.317 e. The molecule has 3 aromatic heterocycles. The maximum atomic E-state index is 12.6. The average Bonchev–Trinajstić information content (AvgIpc) is 3.51. The van der Waals surface area contributed by atoms with Gasteiger partial charge >= 0.3 is 6.03 Å². The van der Waals surface area contributed by atoms with Gasteiger partial charge in [0, 0.05) is 68.5 Å². The Hall–Kier alpha value is -3.45. The summed E-state index contributed by atoms with van der Waals surface area (Å²) in [6.07, 6.45) is 9.60. The van der Waals surface area contributed by atoms with Gasteiger partial charge in [-0.3, -0.25) is 9.58 Å². The van der Waals surface area contributed by atoms with E-state index in [1.165, 1.54) is 0 Å². The number of aromatic amines is 1. The van der Waals surface area contributed by atoms with Crippen molar-refractivity contribution in [3.8, 4) is 17.3 Å². The van der Waals surface area contributed by atoms with E-state index in [-0.39, 0.29) is 17.5 Å². The van der Waals surface area contributed by atoms with Crippen molar-refractivity contribution in [1.29, 1.82) is 5.26 Å². The third-order valence-corrected chi connectivity index (χ3v) is 6.37. The number of aromatic nitrogens is 5. The molecule has 10 nitrogen and oxygen atoms in total. The van der Waals surface area contributed by atoms with Gasteiger partial charge < -0.3 is 15.2 Å². The normalized spacial score (nSPS) is 15.8. The fourth-order valence-electron chi connectivity index (χ4n) is 4.45. The lowest BCUT2D eigenvalue weighted by molar-refractivity contribution is 0.0928. The van der Waals surface area contributed by atoms with Crippen molar-refractivity contribution in [3.63, 3.8) is 0 Å². The average molecular weight is 478 g/mol. The van der Waals surface area contributed by atoms with Crippen LogP contribution in [0.3, 0.4) is 0 Å². The predicted octanol–water partition coefficient (Wildman–Crippen LogP) is 3.26. The van der Waals surface area contributed by atoms with Crippen LogP contribution in [0.25, 0.3) is 22.3 Å². The molecule has 3 aromatic rings. The first-order valence-electron chi connectivity index (χ1n) is 12.3. The Bertz CT molecular complexity index is 1160. The molecule has 0 aliphatic carbocycles. The van der Waals surface area contributed by atoms with Crippen LogP contribution in [0.5, 0.6) is 0 Å². The second kappa shape index (κ2) is 10.9. The molecule has 4 heterocycles. The molecule has 186 valence electrons. The molecule has 1 aliphatic rings. The summed E-state index contributed by atoms with van der Waals surface area (Å²) in [4.78, 5) is 28.8.